The van der Waals surface area contributed by atoms with Crippen molar-refractivity contribution in [3.8, 4) is 0 Å². The van der Waals surface area contributed by atoms with E-state index < -0.39 is 6.10 Å². The minimum atomic E-state index is -0.643. The fourth-order valence-corrected chi connectivity index (χ4v) is 4.19. The molecule has 1 spiro atoms. The Morgan fingerprint density at radius 1 is 1.12 bits per heavy atom. The van der Waals surface area contributed by atoms with Gasteiger partial charge in [0, 0.05) is 12.3 Å². The molecule has 2 aliphatic rings. The molecule has 0 radical (unpaired) electrons. The van der Waals surface area contributed by atoms with Gasteiger partial charge in [-0.25, -0.2) is 0 Å². The van der Waals surface area contributed by atoms with Gasteiger partial charge in [0.1, 0.15) is 6.10 Å². The van der Waals surface area contributed by atoms with Crippen molar-refractivity contribution < 1.29 is 14.6 Å². The molecule has 2 fully saturated rings. The molecular formula is C23H26O3. The molecule has 1 aliphatic carbocycles. The van der Waals surface area contributed by atoms with Crippen molar-refractivity contribution in [2.75, 3.05) is 13.2 Å². The summed E-state index contributed by atoms with van der Waals surface area (Å²) in [6.45, 7) is 1.41. The van der Waals surface area contributed by atoms with Gasteiger partial charge < -0.3 is 14.6 Å². The average Bonchev–Trinajstić information content (AvgIpc) is 3.15. The third kappa shape index (κ3) is 3.62. The highest BCUT2D eigenvalue weighted by atomic mass is 16.7. The lowest BCUT2D eigenvalue weighted by Crippen LogP contribution is -2.41. The lowest BCUT2D eigenvalue weighted by molar-refractivity contribution is -0.211. The molecule has 2 unspecified atom stereocenters. The van der Waals surface area contributed by atoms with Crippen LogP contribution in [0.15, 0.2) is 60.3 Å². The fourth-order valence-electron chi connectivity index (χ4n) is 4.19. The summed E-state index contributed by atoms with van der Waals surface area (Å²) in [5.74, 6) is 0.0189. The first kappa shape index (κ1) is 17.5. The summed E-state index contributed by atoms with van der Waals surface area (Å²) in [4.78, 5) is 0. The lowest BCUT2D eigenvalue weighted by Gasteiger charge is -2.38. The summed E-state index contributed by atoms with van der Waals surface area (Å²) < 4.78 is 11.9. The van der Waals surface area contributed by atoms with Crippen molar-refractivity contribution in [2.24, 2.45) is 5.92 Å². The summed E-state index contributed by atoms with van der Waals surface area (Å²) in [5.41, 5.74) is 4.06. The molecule has 1 aliphatic heterocycles. The van der Waals surface area contributed by atoms with E-state index in [0.29, 0.717) is 19.1 Å². The van der Waals surface area contributed by atoms with Gasteiger partial charge >= 0.3 is 0 Å². The topological polar surface area (TPSA) is 38.7 Å². The van der Waals surface area contributed by atoms with Crippen LogP contribution in [-0.2, 0) is 9.47 Å². The van der Waals surface area contributed by atoms with E-state index in [1.165, 1.54) is 18.2 Å². The van der Waals surface area contributed by atoms with Crippen LogP contribution in [-0.4, -0.2) is 24.1 Å². The van der Waals surface area contributed by atoms with Crippen molar-refractivity contribution >= 4 is 10.8 Å². The molecule has 4 rings (SSSR count). The SMILES string of the molecule is OC(C=C=CCC1CCCCC12OCCO2)c1ccc2ccccc2c1. The number of rotatable bonds is 4. The van der Waals surface area contributed by atoms with Crippen molar-refractivity contribution in [3.63, 3.8) is 0 Å². The van der Waals surface area contributed by atoms with Gasteiger partial charge in [0.25, 0.3) is 0 Å². The first-order valence-corrected chi connectivity index (χ1v) is 9.63. The minimum absolute atomic E-state index is 0.368. The van der Waals surface area contributed by atoms with Crippen molar-refractivity contribution in [2.45, 2.75) is 44.0 Å². The Bertz CT molecular complexity index is 813. The summed E-state index contributed by atoms with van der Waals surface area (Å²) in [6, 6.07) is 14.2. The highest BCUT2D eigenvalue weighted by Gasteiger charge is 2.44. The molecule has 1 saturated heterocycles. The number of benzene rings is 2. The van der Waals surface area contributed by atoms with Crippen LogP contribution in [0.4, 0.5) is 0 Å². The molecule has 0 bridgehead atoms. The molecule has 2 atom stereocenters. The van der Waals surface area contributed by atoms with Gasteiger partial charge in [-0.1, -0.05) is 42.8 Å². The standard InChI is InChI=1S/C23H26O3/c24-22(20-13-12-18-7-1-2-8-19(18)17-20)11-4-3-9-21-10-5-6-14-23(21)25-15-16-26-23/h1-3,7-8,11-13,17,21-22,24H,5-6,9-10,14-16H2. The maximum absolute atomic E-state index is 10.4. The van der Waals surface area contributed by atoms with E-state index in [-0.39, 0.29) is 5.79 Å². The van der Waals surface area contributed by atoms with E-state index in [1.54, 1.807) is 6.08 Å². The molecule has 2 aromatic rings. The molecule has 0 amide bonds. The first-order valence-electron chi connectivity index (χ1n) is 9.63. The van der Waals surface area contributed by atoms with Crippen LogP contribution in [0.1, 0.15) is 43.8 Å². The van der Waals surface area contributed by atoms with Crippen LogP contribution >= 0.6 is 0 Å². The molecule has 1 heterocycles. The van der Waals surface area contributed by atoms with Gasteiger partial charge in [0.05, 0.1) is 13.2 Å². The highest BCUT2D eigenvalue weighted by Crippen LogP contribution is 2.42. The van der Waals surface area contributed by atoms with E-state index in [1.807, 2.05) is 36.4 Å². The van der Waals surface area contributed by atoms with Crippen LogP contribution < -0.4 is 0 Å². The average molecular weight is 350 g/mol. The van der Waals surface area contributed by atoms with Gasteiger partial charge in [-0.05, 0) is 53.8 Å². The summed E-state index contributed by atoms with van der Waals surface area (Å²) in [7, 11) is 0. The van der Waals surface area contributed by atoms with E-state index in [2.05, 4.69) is 17.9 Å². The third-order valence-electron chi connectivity index (χ3n) is 5.62. The van der Waals surface area contributed by atoms with Gasteiger partial charge in [-0.2, -0.15) is 0 Å². The van der Waals surface area contributed by atoms with E-state index in [4.69, 9.17) is 9.47 Å². The molecular weight excluding hydrogens is 324 g/mol. The minimum Gasteiger partial charge on any atom is -0.384 e. The Kier molecular flexibility index (Phi) is 5.23. The second-order valence-corrected chi connectivity index (χ2v) is 7.28. The van der Waals surface area contributed by atoms with Crippen LogP contribution in [0.25, 0.3) is 10.8 Å². The van der Waals surface area contributed by atoms with Crippen LogP contribution in [0.5, 0.6) is 0 Å². The van der Waals surface area contributed by atoms with Crippen molar-refractivity contribution in [3.05, 3.63) is 65.9 Å². The number of hydrogen-bond acceptors (Lipinski definition) is 3. The van der Waals surface area contributed by atoms with Crippen molar-refractivity contribution in [1.29, 1.82) is 0 Å². The molecule has 3 nitrogen and oxygen atoms in total. The molecule has 3 heteroatoms. The number of aliphatic hydroxyl groups excluding tert-OH is 1. The molecule has 26 heavy (non-hydrogen) atoms. The van der Waals surface area contributed by atoms with E-state index >= 15 is 0 Å². The maximum Gasteiger partial charge on any atom is 0.171 e. The fraction of sp³-hybridized carbons (Fsp3) is 0.435. The Morgan fingerprint density at radius 3 is 2.77 bits per heavy atom. The maximum atomic E-state index is 10.4. The first-order chi connectivity index (χ1) is 12.8. The Balaban J connectivity index is 1.42. The van der Waals surface area contributed by atoms with E-state index in [9.17, 15) is 5.11 Å². The zero-order valence-electron chi connectivity index (χ0n) is 15.1. The predicted octanol–water partition coefficient (Wildman–Crippen LogP) is 4.91. The molecule has 1 saturated carbocycles. The lowest BCUT2D eigenvalue weighted by atomic mass is 9.81. The molecule has 1 N–H and O–H groups in total. The monoisotopic (exact) mass is 350 g/mol. The zero-order valence-corrected chi connectivity index (χ0v) is 15.1. The smallest absolute Gasteiger partial charge is 0.171 e. The number of aliphatic hydroxyl groups is 1. The third-order valence-corrected chi connectivity index (χ3v) is 5.62. The Hall–Kier alpha value is -1.90. The Labute approximate surface area is 154 Å². The van der Waals surface area contributed by atoms with Gasteiger partial charge in [0.15, 0.2) is 5.79 Å². The zero-order chi connectivity index (χ0) is 17.8. The number of hydrogen-bond donors (Lipinski definition) is 1. The quantitative estimate of drug-likeness (QED) is 0.797. The Morgan fingerprint density at radius 2 is 1.92 bits per heavy atom. The second-order valence-electron chi connectivity index (χ2n) is 7.28. The number of ether oxygens (including phenoxy) is 2. The van der Waals surface area contributed by atoms with Gasteiger partial charge in [-0.3, -0.25) is 0 Å². The molecule has 136 valence electrons. The van der Waals surface area contributed by atoms with Crippen LogP contribution in [0.2, 0.25) is 0 Å². The second kappa shape index (κ2) is 7.77. The van der Waals surface area contributed by atoms with Gasteiger partial charge in [-0.15, -0.1) is 5.73 Å². The molecule has 2 aromatic carbocycles. The van der Waals surface area contributed by atoms with Crippen molar-refractivity contribution in [1.82, 2.24) is 0 Å². The largest absolute Gasteiger partial charge is 0.384 e. The van der Waals surface area contributed by atoms with Crippen LogP contribution in [0.3, 0.4) is 0 Å². The normalized spacial score (nSPS) is 22.9. The number of fused-ring (bicyclic) bond motifs is 1. The van der Waals surface area contributed by atoms with E-state index in [0.717, 1.165) is 30.2 Å². The summed E-state index contributed by atoms with van der Waals surface area (Å²) >= 11 is 0. The van der Waals surface area contributed by atoms with Crippen LogP contribution in [0, 0.1) is 5.92 Å². The summed E-state index contributed by atoms with van der Waals surface area (Å²) in [5, 5.41) is 12.8. The predicted molar refractivity (Wildman–Crippen MR) is 103 cm³/mol. The summed E-state index contributed by atoms with van der Waals surface area (Å²) in [6.07, 6.45) is 8.52. The highest BCUT2D eigenvalue weighted by molar-refractivity contribution is 5.83. The van der Waals surface area contributed by atoms with Gasteiger partial charge in [0.2, 0.25) is 0 Å². The molecule has 0 aromatic heterocycles.